The standard InChI is InChI=1S/C12H13ClF3NO2/c13-7-4-8-17(9-12(14,15)16)11(18)19-10-5-2-1-3-6-10/h1-3,5-6H,4,7-9H2. The van der Waals surface area contributed by atoms with E-state index < -0.39 is 18.8 Å². The molecule has 0 saturated heterocycles. The second-order valence-corrected chi connectivity index (χ2v) is 4.14. The van der Waals surface area contributed by atoms with Gasteiger partial charge < -0.3 is 4.74 Å². The lowest BCUT2D eigenvalue weighted by molar-refractivity contribution is -0.141. The molecule has 3 nitrogen and oxygen atoms in total. The van der Waals surface area contributed by atoms with Crippen molar-refractivity contribution in [1.29, 1.82) is 0 Å². The Kier molecular flexibility index (Phi) is 5.95. The van der Waals surface area contributed by atoms with Crippen LogP contribution in [0.25, 0.3) is 0 Å². The largest absolute Gasteiger partial charge is 0.415 e. The van der Waals surface area contributed by atoms with Gasteiger partial charge in [-0.1, -0.05) is 18.2 Å². The van der Waals surface area contributed by atoms with Crippen LogP contribution in [0.1, 0.15) is 6.42 Å². The van der Waals surface area contributed by atoms with Gasteiger partial charge in [0.25, 0.3) is 0 Å². The Balaban J connectivity index is 2.65. The van der Waals surface area contributed by atoms with Gasteiger partial charge in [0.15, 0.2) is 0 Å². The number of ether oxygens (including phenoxy) is 1. The van der Waals surface area contributed by atoms with E-state index in [1.165, 1.54) is 12.1 Å². The molecule has 1 aromatic carbocycles. The molecule has 0 unspecified atom stereocenters. The molecule has 1 rings (SSSR count). The lowest BCUT2D eigenvalue weighted by Crippen LogP contribution is -2.41. The minimum Gasteiger partial charge on any atom is -0.410 e. The molecule has 0 radical (unpaired) electrons. The van der Waals surface area contributed by atoms with Gasteiger partial charge >= 0.3 is 12.3 Å². The van der Waals surface area contributed by atoms with E-state index in [1.807, 2.05) is 0 Å². The summed E-state index contributed by atoms with van der Waals surface area (Å²) in [5.41, 5.74) is 0. The highest BCUT2D eigenvalue weighted by Crippen LogP contribution is 2.18. The van der Waals surface area contributed by atoms with Crippen molar-refractivity contribution in [2.75, 3.05) is 19.0 Å². The minimum atomic E-state index is -4.47. The highest BCUT2D eigenvalue weighted by Gasteiger charge is 2.33. The first-order valence-electron chi connectivity index (χ1n) is 5.57. The molecule has 7 heteroatoms. The molecule has 106 valence electrons. The molecule has 0 bridgehead atoms. The van der Waals surface area contributed by atoms with E-state index in [2.05, 4.69) is 0 Å². The zero-order valence-corrected chi connectivity index (χ0v) is 10.7. The molecular formula is C12H13ClF3NO2. The number of hydrogen-bond acceptors (Lipinski definition) is 2. The first kappa shape index (κ1) is 15.6. The van der Waals surface area contributed by atoms with Crippen LogP contribution in [-0.4, -0.2) is 36.1 Å². The third-order valence-electron chi connectivity index (χ3n) is 2.14. The van der Waals surface area contributed by atoms with Gasteiger partial charge in [0.1, 0.15) is 12.3 Å². The molecule has 1 amide bonds. The van der Waals surface area contributed by atoms with Crippen LogP contribution in [0.4, 0.5) is 18.0 Å². The molecule has 0 spiro atoms. The Morgan fingerprint density at radius 3 is 2.42 bits per heavy atom. The maximum Gasteiger partial charge on any atom is 0.415 e. The van der Waals surface area contributed by atoms with Crippen molar-refractivity contribution in [3.05, 3.63) is 30.3 Å². The molecule has 0 aliphatic heterocycles. The number of amides is 1. The van der Waals surface area contributed by atoms with E-state index >= 15 is 0 Å². The van der Waals surface area contributed by atoms with Crippen LogP contribution in [0.2, 0.25) is 0 Å². The van der Waals surface area contributed by atoms with E-state index in [9.17, 15) is 18.0 Å². The molecule has 0 aliphatic rings. The van der Waals surface area contributed by atoms with E-state index in [1.54, 1.807) is 18.2 Å². The number of carbonyl (C=O) groups excluding carboxylic acids is 1. The first-order chi connectivity index (χ1) is 8.92. The van der Waals surface area contributed by atoms with E-state index in [-0.39, 0.29) is 24.6 Å². The summed E-state index contributed by atoms with van der Waals surface area (Å²) >= 11 is 5.42. The van der Waals surface area contributed by atoms with Crippen LogP contribution in [0, 0.1) is 0 Å². The fraction of sp³-hybridized carbons (Fsp3) is 0.417. The second-order valence-electron chi connectivity index (χ2n) is 3.76. The van der Waals surface area contributed by atoms with E-state index in [0.717, 1.165) is 0 Å². The summed E-state index contributed by atoms with van der Waals surface area (Å²) in [6.45, 7) is -1.45. The van der Waals surface area contributed by atoms with Gasteiger partial charge in [-0.05, 0) is 18.6 Å². The Labute approximate surface area is 113 Å². The second kappa shape index (κ2) is 7.23. The summed E-state index contributed by atoms with van der Waals surface area (Å²) in [5.74, 6) is 0.373. The van der Waals surface area contributed by atoms with Gasteiger partial charge in [0.05, 0.1) is 0 Å². The van der Waals surface area contributed by atoms with Crippen molar-refractivity contribution in [2.24, 2.45) is 0 Å². The summed E-state index contributed by atoms with van der Waals surface area (Å²) in [5, 5.41) is 0. The van der Waals surface area contributed by atoms with Crippen molar-refractivity contribution >= 4 is 17.7 Å². The van der Waals surface area contributed by atoms with Crippen LogP contribution in [0.3, 0.4) is 0 Å². The zero-order chi connectivity index (χ0) is 14.3. The number of para-hydroxylation sites is 1. The predicted octanol–water partition coefficient (Wildman–Crippen LogP) is 3.68. The molecule has 0 heterocycles. The minimum absolute atomic E-state index is 0.103. The monoisotopic (exact) mass is 295 g/mol. The average Bonchev–Trinajstić information content (AvgIpc) is 2.34. The highest BCUT2D eigenvalue weighted by molar-refractivity contribution is 6.17. The lowest BCUT2D eigenvalue weighted by Gasteiger charge is -2.22. The van der Waals surface area contributed by atoms with Crippen molar-refractivity contribution in [2.45, 2.75) is 12.6 Å². The molecule has 0 atom stereocenters. The number of rotatable bonds is 5. The Morgan fingerprint density at radius 2 is 1.89 bits per heavy atom. The topological polar surface area (TPSA) is 29.5 Å². The van der Waals surface area contributed by atoms with Crippen molar-refractivity contribution in [1.82, 2.24) is 4.90 Å². The number of benzene rings is 1. The van der Waals surface area contributed by atoms with Crippen molar-refractivity contribution in [3.8, 4) is 5.75 Å². The lowest BCUT2D eigenvalue weighted by atomic mass is 10.3. The molecular weight excluding hydrogens is 283 g/mol. The van der Waals surface area contributed by atoms with Gasteiger partial charge in [0, 0.05) is 12.4 Å². The number of nitrogens with zero attached hydrogens (tertiary/aromatic N) is 1. The summed E-state index contributed by atoms with van der Waals surface area (Å²) in [6, 6.07) is 7.93. The molecule has 0 N–H and O–H groups in total. The van der Waals surface area contributed by atoms with Crippen molar-refractivity contribution in [3.63, 3.8) is 0 Å². The number of carbonyl (C=O) groups is 1. The Morgan fingerprint density at radius 1 is 1.26 bits per heavy atom. The summed E-state index contributed by atoms with van der Waals surface area (Å²) < 4.78 is 41.9. The number of halogens is 4. The van der Waals surface area contributed by atoms with Crippen LogP contribution in [-0.2, 0) is 0 Å². The summed E-state index contributed by atoms with van der Waals surface area (Å²) in [6.07, 6.45) is -5.24. The fourth-order valence-corrected chi connectivity index (χ4v) is 1.48. The maximum absolute atomic E-state index is 12.3. The SMILES string of the molecule is O=C(Oc1ccccc1)N(CCCCl)CC(F)(F)F. The highest BCUT2D eigenvalue weighted by atomic mass is 35.5. The number of alkyl halides is 4. The number of hydrogen-bond donors (Lipinski definition) is 0. The van der Waals surface area contributed by atoms with E-state index in [0.29, 0.717) is 4.90 Å². The third kappa shape index (κ3) is 6.33. The average molecular weight is 296 g/mol. The predicted molar refractivity (Wildman–Crippen MR) is 65.4 cm³/mol. The van der Waals surface area contributed by atoms with Gasteiger partial charge in [-0.2, -0.15) is 13.2 Å². The van der Waals surface area contributed by atoms with Crippen LogP contribution in [0.5, 0.6) is 5.75 Å². The molecule has 0 aliphatic carbocycles. The molecule has 0 aromatic heterocycles. The van der Waals surface area contributed by atoms with Crippen LogP contribution in [0.15, 0.2) is 30.3 Å². The zero-order valence-electron chi connectivity index (χ0n) is 9.99. The van der Waals surface area contributed by atoms with E-state index in [4.69, 9.17) is 16.3 Å². The molecule has 19 heavy (non-hydrogen) atoms. The third-order valence-corrected chi connectivity index (χ3v) is 2.41. The fourth-order valence-electron chi connectivity index (χ4n) is 1.36. The Hall–Kier alpha value is -1.43. The van der Waals surface area contributed by atoms with Gasteiger partial charge in [0.2, 0.25) is 0 Å². The molecule has 0 saturated carbocycles. The summed E-state index contributed by atoms with van der Waals surface area (Å²) in [4.78, 5) is 12.2. The van der Waals surface area contributed by atoms with Gasteiger partial charge in [-0.15, -0.1) is 11.6 Å². The van der Waals surface area contributed by atoms with Crippen LogP contribution >= 0.6 is 11.6 Å². The quantitative estimate of drug-likeness (QED) is 0.776. The van der Waals surface area contributed by atoms with Crippen molar-refractivity contribution < 1.29 is 22.7 Å². The smallest absolute Gasteiger partial charge is 0.410 e. The first-order valence-corrected chi connectivity index (χ1v) is 6.10. The normalized spacial score (nSPS) is 11.2. The molecule has 1 aromatic rings. The van der Waals surface area contributed by atoms with Crippen LogP contribution < -0.4 is 4.74 Å². The van der Waals surface area contributed by atoms with Gasteiger partial charge in [-0.25, -0.2) is 4.79 Å². The van der Waals surface area contributed by atoms with Gasteiger partial charge in [-0.3, -0.25) is 4.90 Å². The Bertz CT molecular complexity index is 398. The maximum atomic E-state index is 12.3. The summed E-state index contributed by atoms with van der Waals surface area (Å²) in [7, 11) is 0. The molecule has 0 fully saturated rings.